The molecule has 102 valence electrons. The summed E-state index contributed by atoms with van der Waals surface area (Å²) in [5.74, 6) is -1.46. The zero-order valence-electron chi connectivity index (χ0n) is 10.2. The third-order valence-electron chi connectivity index (χ3n) is 2.45. The topological polar surface area (TPSA) is 92.2 Å². The van der Waals surface area contributed by atoms with Crippen molar-refractivity contribution in [2.75, 3.05) is 0 Å². The molecule has 2 aromatic rings. The number of nitrogens with one attached hydrogen (secondary N) is 1. The first-order valence-corrected chi connectivity index (χ1v) is 6.02. The highest BCUT2D eigenvalue weighted by Crippen LogP contribution is 2.08. The van der Waals surface area contributed by atoms with Crippen LogP contribution < -0.4 is 5.32 Å². The van der Waals surface area contributed by atoms with Crippen LogP contribution in [0.15, 0.2) is 36.7 Å². The fourth-order valence-electron chi connectivity index (χ4n) is 1.46. The molecule has 1 amide bonds. The lowest BCUT2D eigenvalue weighted by Gasteiger charge is -2.05. The van der Waals surface area contributed by atoms with Gasteiger partial charge in [-0.3, -0.25) is 9.78 Å². The van der Waals surface area contributed by atoms with Crippen LogP contribution in [0.25, 0.3) is 0 Å². The lowest BCUT2D eigenvalue weighted by atomic mass is 10.2. The summed E-state index contributed by atoms with van der Waals surface area (Å²) >= 11 is 5.77. The summed E-state index contributed by atoms with van der Waals surface area (Å²) < 4.78 is 0. The third kappa shape index (κ3) is 3.52. The van der Waals surface area contributed by atoms with E-state index in [1.165, 1.54) is 24.5 Å². The van der Waals surface area contributed by atoms with Crippen LogP contribution in [-0.4, -0.2) is 27.0 Å². The number of aromatic nitrogens is 2. The predicted octanol–water partition coefficient (Wildman–Crippen LogP) is 1.76. The Bertz CT molecular complexity index is 644. The molecular weight excluding hydrogens is 282 g/mol. The molecule has 7 heteroatoms. The van der Waals surface area contributed by atoms with E-state index in [0.717, 1.165) is 0 Å². The first kappa shape index (κ1) is 14.0. The zero-order chi connectivity index (χ0) is 14.5. The Morgan fingerprint density at radius 2 is 2.00 bits per heavy atom. The largest absolute Gasteiger partial charge is 0.477 e. The first-order chi connectivity index (χ1) is 9.56. The van der Waals surface area contributed by atoms with E-state index in [9.17, 15) is 9.59 Å². The summed E-state index contributed by atoms with van der Waals surface area (Å²) in [6, 6.07) is 6.00. The Labute approximate surface area is 119 Å². The molecule has 0 fully saturated rings. The van der Waals surface area contributed by atoms with Crippen molar-refractivity contribution in [2.45, 2.75) is 6.54 Å². The molecule has 0 saturated heterocycles. The van der Waals surface area contributed by atoms with E-state index in [4.69, 9.17) is 16.7 Å². The standard InChI is InChI=1S/C13H10ClN3O3/c14-9-3-4-15-11(5-9)12(18)17-7-8-1-2-10(13(19)20)16-6-8/h1-6H,7H2,(H,17,18)(H,19,20). The SMILES string of the molecule is O=C(O)c1ccc(CNC(=O)c2cc(Cl)ccn2)cn1. The minimum atomic E-state index is -1.09. The van der Waals surface area contributed by atoms with Crippen LogP contribution in [0.1, 0.15) is 26.5 Å². The van der Waals surface area contributed by atoms with Crippen LogP contribution >= 0.6 is 11.6 Å². The summed E-state index contributed by atoms with van der Waals surface area (Å²) in [6.07, 6.45) is 2.84. The molecule has 0 radical (unpaired) electrons. The van der Waals surface area contributed by atoms with E-state index in [2.05, 4.69) is 15.3 Å². The van der Waals surface area contributed by atoms with Gasteiger partial charge in [0.2, 0.25) is 0 Å². The number of hydrogen-bond acceptors (Lipinski definition) is 4. The van der Waals surface area contributed by atoms with Gasteiger partial charge in [-0.05, 0) is 23.8 Å². The minimum absolute atomic E-state index is 0.0448. The normalized spacial score (nSPS) is 10.1. The van der Waals surface area contributed by atoms with Crippen LogP contribution in [0.5, 0.6) is 0 Å². The Morgan fingerprint density at radius 1 is 1.20 bits per heavy atom. The lowest BCUT2D eigenvalue weighted by Crippen LogP contribution is -2.23. The van der Waals surface area contributed by atoms with Crippen LogP contribution in [-0.2, 0) is 6.54 Å². The van der Waals surface area contributed by atoms with Gasteiger partial charge >= 0.3 is 5.97 Å². The number of carboxylic acid groups (broad SMARTS) is 1. The predicted molar refractivity (Wildman–Crippen MR) is 71.6 cm³/mol. The van der Waals surface area contributed by atoms with E-state index < -0.39 is 5.97 Å². The van der Waals surface area contributed by atoms with Crippen LogP contribution in [0.2, 0.25) is 5.02 Å². The van der Waals surface area contributed by atoms with Crippen molar-refractivity contribution in [3.63, 3.8) is 0 Å². The van der Waals surface area contributed by atoms with Gasteiger partial charge in [0, 0.05) is 24.0 Å². The van der Waals surface area contributed by atoms with Crippen molar-refractivity contribution in [1.29, 1.82) is 0 Å². The molecule has 0 unspecified atom stereocenters. The molecule has 6 nitrogen and oxygen atoms in total. The van der Waals surface area contributed by atoms with E-state index in [0.29, 0.717) is 10.6 Å². The van der Waals surface area contributed by atoms with Crippen molar-refractivity contribution in [3.8, 4) is 0 Å². The molecule has 0 aliphatic carbocycles. The van der Waals surface area contributed by atoms with Crippen molar-refractivity contribution < 1.29 is 14.7 Å². The first-order valence-electron chi connectivity index (χ1n) is 5.64. The molecule has 0 bridgehead atoms. The average molecular weight is 292 g/mol. The monoisotopic (exact) mass is 291 g/mol. The van der Waals surface area contributed by atoms with Gasteiger partial charge in [-0.25, -0.2) is 9.78 Å². The smallest absolute Gasteiger partial charge is 0.354 e. The summed E-state index contributed by atoms with van der Waals surface area (Å²) in [5.41, 5.74) is 0.856. The Morgan fingerprint density at radius 3 is 2.60 bits per heavy atom. The lowest BCUT2D eigenvalue weighted by molar-refractivity contribution is 0.0690. The molecule has 20 heavy (non-hydrogen) atoms. The summed E-state index contributed by atoms with van der Waals surface area (Å²) in [7, 11) is 0. The molecule has 2 rings (SSSR count). The number of amides is 1. The number of carbonyl (C=O) groups is 2. The number of carboxylic acids is 1. The molecule has 0 spiro atoms. The Hall–Kier alpha value is -2.47. The molecule has 0 aliphatic heterocycles. The Kier molecular flexibility index (Phi) is 4.27. The molecule has 2 aromatic heterocycles. The maximum atomic E-state index is 11.8. The van der Waals surface area contributed by atoms with Crippen LogP contribution in [0.3, 0.4) is 0 Å². The zero-order valence-corrected chi connectivity index (χ0v) is 11.0. The highest BCUT2D eigenvalue weighted by Gasteiger charge is 2.08. The number of halogens is 1. The molecule has 0 atom stereocenters. The van der Waals surface area contributed by atoms with E-state index in [1.807, 2.05) is 0 Å². The maximum Gasteiger partial charge on any atom is 0.354 e. The van der Waals surface area contributed by atoms with Gasteiger partial charge < -0.3 is 10.4 Å². The van der Waals surface area contributed by atoms with Crippen LogP contribution in [0.4, 0.5) is 0 Å². The molecular formula is C13H10ClN3O3. The van der Waals surface area contributed by atoms with Crippen molar-refractivity contribution in [2.24, 2.45) is 0 Å². The second-order valence-corrected chi connectivity index (χ2v) is 4.34. The van der Waals surface area contributed by atoms with Gasteiger partial charge in [0.1, 0.15) is 11.4 Å². The van der Waals surface area contributed by atoms with E-state index >= 15 is 0 Å². The number of rotatable bonds is 4. The molecule has 2 N–H and O–H groups in total. The number of carbonyl (C=O) groups excluding carboxylic acids is 1. The van der Waals surface area contributed by atoms with Gasteiger partial charge in [0.15, 0.2) is 0 Å². The van der Waals surface area contributed by atoms with Crippen molar-refractivity contribution in [3.05, 3.63) is 58.6 Å². The summed E-state index contributed by atoms with van der Waals surface area (Å²) in [5, 5.41) is 11.8. The van der Waals surface area contributed by atoms with Gasteiger partial charge in [-0.2, -0.15) is 0 Å². The highest BCUT2D eigenvalue weighted by molar-refractivity contribution is 6.30. The Balaban J connectivity index is 1.98. The maximum absolute atomic E-state index is 11.8. The second-order valence-electron chi connectivity index (χ2n) is 3.90. The average Bonchev–Trinajstić information content (AvgIpc) is 2.45. The quantitative estimate of drug-likeness (QED) is 0.895. The van der Waals surface area contributed by atoms with E-state index in [-0.39, 0.29) is 23.8 Å². The minimum Gasteiger partial charge on any atom is -0.477 e. The number of pyridine rings is 2. The molecule has 0 aliphatic rings. The van der Waals surface area contributed by atoms with Crippen molar-refractivity contribution in [1.82, 2.24) is 15.3 Å². The van der Waals surface area contributed by atoms with Crippen LogP contribution in [0, 0.1) is 0 Å². The third-order valence-corrected chi connectivity index (χ3v) is 2.69. The van der Waals surface area contributed by atoms with E-state index in [1.54, 1.807) is 12.1 Å². The number of nitrogens with zero attached hydrogens (tertiary/aromatic N) is 2. The van der Waals surface area contributed by atoms with Gasteiger partial charge in [0.05, 0.1) is 0 Å². The summed E-state index contributed by atoms with van der Waals surface area (Å²) in [6.45, 7) is 0.222. The van der Waals surface area contributed by atoms with Gasteiger partial charge in [0.25, 0.3) is 5.91 Å². The summed E-state index contributed by atoms with van der Waals surface area (Å²) in [4.78, 5) is 30.1. The molecule has 0 saturated carbocycles. The fourth-order valence-corrected chi connectivity index (χ4v) is 1.62. The van der Waals surface area contributed by atoms with Gasteiger partial charge in [-0.1, -0.05) is 17.7 Å². The number of hydrogen-bond donors (Lipinski definition) is 2. The molecule has 2 heterocycles. The second kappa shape index (κ2) is 6.12. The van der Waals surface area contributed by atoms with Gasteiger partial charge in [-0.15, -0.1) is 0 Å². The fraction of sp³-hybridized carbons (Fsp3) is 0.0769. The van der Waals surface area contributed by atoms with Crippen molar-refractivity contribution >= 4 is 23.5 Å². The molecule has 0 aromatic carbocycles. The number of aromatic carboxylic acids is 1. The highest BCUT2D eigenvalue weighted by atomic mass is 35.5.